The summed E-state index contributed by atoms with van der Waals surface area (Å²) in [4.78, 5) is 0. The zero-order valence-electron chi connectivity index (χ0n) is 14.0. The average molecular weight is 272 g/mol. The van der Waals surface area contributed by atoms with Gasteiger partial charge in [-0.25, -0.2) is 0 Å². The molecular weight excluding hydrogens is 242 g/mol. The van der Waals surface area contributed by atoms with E-state index in [1.165, 1.54) is 24.3 Å². The summed E-state index contributed by atoms with van der Waals surface area (Å²) in [6, 6.07) is 0.474. The zero-order chi connectivity index (χ0) is 15.0. The molecule has 1 nitrogen and oxygen atoms in total. The van der Waals surface area contributed by atoms with E-state index >= 15 is 0 Å². The van der Waals surface area contributed by atoms with Crippen LogP contribution < -0.4 is 5.32 Å². The quantitative estimate of drug-likeness (QED) is 0.684. The predicted molar refractivity (Wildman–Crippen MR) is 87.4 cm³/mol. The van der Waals surface area contributed by atoms with Gasteiger partial charge < -0.3 is 5.32 Å². The molecule has 1 aliphatic carbocycles. The Morgan fingerprint density at radius 1 is 1.10 bits per heavy atom. The summed E-state index contributed by atoms with van der Waals surface area (Å²) in [7, 11) is 0. The molecule has 2 atom stereocenters. The summed E-state index contributed by atoms with van der Waals surface area (Å²) >= 11 is 0. The maximum absolute atomic E-state index is 3.66. The van der Waals surface area contributed by atoms with E-state index in [0.717, 1.165) is 12.5 Å². The second-order valence-corrected chi connectivity index (χ2v) is 8.38. The number of hydrogen-bond donors (Lipinski definition) is 1. The van der Waals surface area contributed by atoms with Gasteiger partial charge in [0.1, 0.15) is 0 Å². The molecule has 0 spiro atoms. The van der Waals surface area contributed by atoms with Crippen LogP contribution in [0.1, 0.15) is 54.4 Å². The van der Waals surface area contributed by atoms with Crippen LogP contribution >= 0.6 is 0 Å². The van der Waals surface area contributed by atoms with Crippen molar-refractivity contribution in [2.24, 2.45) is 16.7 Å². The first kappa shape index (κ1) is 15.6. The van der Waals surface area contributed by atoms with Gasteiger partial charge in [0.05, 0.1) is 0 Å². The van der Waals surface area contributed by atoms with Gasteiger partial charge >= 0.3 is 0 Å². The molecule has 1 aliphatic heterocycles. The number of rotatable bonds is 1. The van der Waals surface area contributed by atoms with Gasteiger partial charge in [-0.3, -0.25) is 0 Å². The highest BCUT2D eigenvalue weighted by atomic mass is 14.9. The first-order valence-electron chi connectivity index (χ1n) is 7.93. The van der Waals surface area contributed by atoms with E-state index in [1.54, 1.807) is 0 Å². The van der Waals surface area contributed by atoms with Crippen LogP contribution in [0.4, 0.5) is 0 Å². The Morgan fingerprint density at radius 2 is 1.80 bits per heavy atom. The largest absolute Gasteiger partial charge is 0.309 e. The van der Waals surface area contributed by atoms with E-state index in [1.807, 2.05) is 0 Å². The van der Waals surface area contributed by atoms with Crippen LogP contribution in [0.25, 0.3) is 0 Å². The second kappa shape index (κ2) is 5.54. The van der Waals surface area contributed by atoms with Gasteiger partial charge in [0, 0.05) is 17.5 Å². The standard InChI is InChI=1S/C19H30N/c1-18(2,3)15-9-7-14(8-10-15)17-13-16(11-12-20-17)19(4,5)6/h7,9-10,16-17,20H,11-13H2,1-6H3. The molecule has 1 heteroatoms. The maximum atomic E-state index is 3.66. The van der Waals surface area contributed by atoms with E-state index in [4.69, 9.17) is 0 Å². The Morgan fingerprint density at radius 3 is 2.30 bits per heavy atom. The SMILES string of the molecule is CC(C)(C)[C]1C=C=C(C2CC(C(C)(C)C)CCN2)C=C1. The normalized spacial score (nSPS) is 28.6. The molecule has 2 unspecified atom stereocenters. The van der Waals surface area contributed by atoms with Gasteiger partial charge in [-0.15, -0.1) is 5.73 Å². The highest BCUT2D eigenvalue weighted by molar-refractivity contribution is 5.40. The molecule has 0 aromatic carbocycles. The second-order valence-electron chi connectivity index (χ2n) is 8.38. The minimum atomic E-state index is 0.211. The fourth-order valence-electron chi connectivity index (χ4n) is 3.06. The lowest BCUT2D eigenvalue weighted by Gasteiger charge is -2.38. The van der Waals surface area contributed by atoms with Crippen molar-refractivity contribution in [1.29, 1.82) is 0 Å². The molecule has 0 bridgehead atoms. The molecule has 20 heavy (non-hydrogen) atoms. The number of hydrogen-bond acceptors (Lipinski definition) is 1. The Labute approximate surface area is 125 Å². The van der Waals surface area contributed by atoms with Gasteiger partial charge in [-0.1, -0.05) is 53.7 Å². The third kappa shape index (κ3) is 3.65. The van der Waals surface area contributed by atoms with Crippen LogP contribution in [-0.2, 0) is 0 Å². The Bertz CT molecular complexity index is 435. The summed E-state index contributed by atoms with van der Waals surface area (Å²) in [5.74, 6) is 2.16. The van der Waals surface area contributed by atoms with Crippen molar-refractivity contribution >= 4 is 0 Å². The number of nitrogens with one attached hydrogen (secondary N) is 1. The van der Waals surface area contributed by atoms with Crippen LogP contribution in [-0.4, -0.2) is 12.6 Å². The maximum Gasteiger partial charge on any atom is 0.0396 e. The van der Waals surface area contributed by atoms with Gasteiger partial charge in [0.2, 0.25) is 0 Å². The summed E-state index contributed by atoms with van der Waals surface area (Å²) in [5, 5.41) is 3.66. The Balaban J connectivity index is 2.10. The summed E-state index contributed by atoms with van der Waals surface area (Å²) in [6.45, 7) is 15.0. The Kier molecular flexibility index (Phi) is 4.33. The molecule has 1 heterocycles. The van der Waals surface area contributed by atoms with E-state index in [-0.39, 0.29) is 5.41 Å². The van der Waals surface area contributed by atoms with Crippen LogP contribution in [0, 0.1) is 22.7 Å². The summed E-state index contributed by atoms with van der Waals surface area (Å²) < 4.78 is 0. The molecule has 1 fully saturated rings. The molecule has 1 radical (unpaired) electrons. The van der Waals surface area contributed by atoms with Gasteiger partial charge in [-0.05, 0) is 42.2 Å². The Hall–Kier alpha value is -0.780. The first-order chi connectivity index (χ1) is 9.18. The topological polar surface area (TPSA) is 12.0 Å². The molecule has 2 aliphatic rings. The van der Waals surface area contributed by atoms with Crippen LogP contribution in [0.3, 0.4) is 0 Å². The molecule has 111 valence electrons. The van der Waals surface area contributed by atoms with Gasteiger partial charge in [0.25, 0.3) is 0 Å². The lowest BCUT2D eigenvalue weighted by Crippen LogP contribution is -2.42. The van der Waals surface area contributed by atoms with Crippen molar-refractivity contribution in [3.05, 3.63) is 35.5 Å². The average Bonchev–Trinajstić information content (AvgIpc) is 2.37. The molecule has 0 aromatic rings. The minimum Gasteiger partial charge on any atom is -0.309 e. The zero-order valence-corrected chi connectivity index (χ0v) is 14.0. The first-order valence-corrected chi connectivity index (χ1v) is 7.93. The molecule has 0 aromatic heterocycles. The fraction of sp³-hybridized carbons (Fsp3) is 0.684. The van der Waals surface area contributed by atoms with E-state index < -0.39 is 0 Å². The third-order valence-electron chi connectivity index (χ3n) is 4.71. The summed E-state index contributed by atoms with van der Waals surface area (Å²) in [6.07, 6.45) is 9.24. The predicted octanol–water partition coefficient (Wildman–Crippen LogP) is 4.67. The highest BCUT2D eigenvalue weighted by Crippen LogP contribution is 2.37. The third-order valence-corrected chi connectivity index (χ3v) is 4.71. The molecule has 1 N–H and O–H groups in total. The number of piperidine rings is 1. The number of allylic oxidation sites excluding steroid dienone is 1. The molecule has 2 rings (SSSR count). The summed E-state index contributed by atoms with van der Waals surface area (Å²) in [5.41, 5.74) is 5.47. The van der Waals surface area contributed by atoms with Crippen molar-refractivity contribution in [2.45, 2.75) is 60.4 Å². The smallest absolute Gasteiger partial charge is 0.0396 e. The van der Waals surface area contributed by atoms with E-state index in [9.17, 15) is 0 Å². The fourth-order valence-corrected chi connectivity index (χ4v) is 3.06. The van der Waals surface area contributed by atoms with Gasteiger partial charge in [0.15, 0.2) is 0 Å². The lowest BCUT2D eigenvalue weighted by molar-refractivity contribution is 0.171. The van der Waals surface area contributed by atoms with Crippen LogP contribution in [0.5, 0.6) is 0 Å². The van der Waals surface area contributed by atoms with Crippen molar-refractivity contribution in [3.8, 4) is 0 Å². The molecule has 0 saturated carbocycles. The van der Waals surface area contributed by atoms with Crippen molar-refractivity contribution < 1.29 is 0 Å². The van der Waals surface area contributed by atoms with Gasteiger partial charge in [-0.2, -0.15) is 0 Å². The highest BCUT2D eigenvalue weighted by Gasteiger charge is 2.32. The van der Waals surface area contributed by atoms with Crippen LogP contribution in [0.15, 0.2) is 29.5 Å². The molecule has 0 amide bonds. The monoisotopic (exact) mass is 272 g/mol. The molecular formula is C19H30N. The van der Waals surface area contributed by atoms with E-state index in [2.05, 4.69) is 70.8 Å². The minimum absolute atomic E-state index is 0.211. The van der Waals surface area contributed by atoms with Crippen molar-refractivity contribution in [2.75, 3.05) is 6.54 Å². The van der Waals surface area contributed by atoms with Crippen LogP contribution in [0.2, 0.25) is 0 Å². The van der Waals surface area contributed by atoms with E-state index in [0.29, 0.717) is 11.5 Å². The molecule has 1 saturated heterocycles. The van der Waals surface area contributed by atoms with Crippen molar-refractivity contribution in [3.63, 3.8) is 0 Å². The lowest BCUT2D eigenvalue weighted by atomic mass is 9.72. The van der Waals surface area contributed by atoms with Crippen molar-refractivity contribution in [1.82, 2.24) is 5.32 Å².